The summed E-state index contributed by atoms with van der Waals surface area (Å²) in [4.78, 5) is 11.0. The Kier molecular flexibility index (Phi) is 3.47. The standard InChI is InChI=1S/C7H11N3O5/c8-7-5(15-3-4(12)2-11)1-6(13)10(14)9-7/h1,4,11-12,14H,2-3H2,(H2,8,9). The van der Waals surface area contributed by atoms with Gasteiger partial charge in [-0.05, 0) is 0 Å². The summed E-state index contributed by atoms with van der Waals surface area (Å²) in [6.45, 7) is -0.693. The third-order valence-electron chi connectivity index (χ3n) is 1.55. The number of aliphatic hydroxyl groups is 2. The van der Waals surface area contributed by atoms with Crippen LogP contribution in [0.2, 0.25) is 0 Å². The third-order valence-corrected chi connectivity index (χ3v) is 1.55. The molecule has 0 saturated heterocycles. The van der Waals surface area contributed by atoms with Gasteiger partial charge in [-0.3, -0.25) is 4.79 Å². The molecule has 15 heavy (non-hydrogen) atoms. The van der Waals surface area contributed by atoms with E-state index in [2.05, 4.69) is 5.10 Å². The van der Waals surface area contributed by atoms with E-state index in [4.69, 9.17) is 25.9 Å². The number of aromatic nitrogens is 2. The lowest BCUT2D eigenvalue weighted by Gasteiger charge is -2.10. The van der Waals surface area contributed by atoms with E-state index in [9.17, 15) is 4.79 Å². The van der Waals surface area contributed by atoms with Gasteiger partial charge in [-0.15, -0.1) is 5.10 Å². The fourth-order valence-corrected chi connectivity index (χ4v) is 0.799. The molecule has 1 rings (SSSR count). The van der Waals surface area contributed by atoms with Gasteiger partial charge >= 0.3 is 5.56 Å². The summed E-state index contributed by atoms with van der Waals surface area (Å²) in [5, 5.41) is 29.5. The van der Waals surface area contributed by atoms with Gasteiger partial charge in [0.1, 0.15) is 12.7 Å². The third kappa shape index (κ3) is 2.82. The number of ether oxygens (including phenoxy) is 1. The second-order valence-corrected chi connectivity index (χ2v) is 2.77. The zero-order valence-corrected chi connectivity index (χ0v) is 7.70. The van der Waals surface area contributed by atoms with Gasteiger partial charge in [0, 0.05) is 0 Å². The van der Waals surface area contributed by atoms with Crippen molar-refractivity contribution in [3.05, 3.63) is 16.4 Å². The van der Waals surface area contributed by atoms with Crippen LogP contribution >= 0.6 is 0 Å². The molecule has 8 nitrogen and oxygen atoms in total. The Bertz CT molecular complexity index is 391. The number of hydrogen-bond acceptors (Lipinski definition) is 7. The molecule has 0 aliphatic heterocycles. The highest BCUT2D eigenvalue weighted by atomic mass is 16.5. The van der Waals surface area contributed by atoms with E-state index < -0.39 is 18.3 Å². The fraction of sp³-hybridized carbons (Fsp3) is 0.429. The molecule has 1 aromatic heterocycles. The Labute approximate surface area is 84.1 Å². The molecule has 1 aromatic rings. The predicted molar refractivity (Wildman–Crippen MR) is 48.7 cm³/mol. The van der Waals surface area contributed by atoms with Crippen LogP contribution in [0.25, 0.3) is 0 Å². The lowest BCUT2D eigenvalue weighted by Crippen LogP contribution is -2.25. The van der Waals surface area contributed by atoms with Crippen molar-refractivity contribution in [1.29, 1.82) is 0 Å². The summed E-state index contributed by atoms with van der Waals surface area (Å²) in [7, 11) is 0. The largest absolute Gasteiger partial charge is 0.487 e. The molecule has 0 aliphatic rings. The summed E-state index contributed by atoms with van der Waals surface area (Å²) in [5.41, 5.74) is 4.51. The van der Waals surface area contributed by atoms with Crippen LogP contribution in [0, 0.1) is 0 Å². The van der Waals surface area contributed by atoms with Gasteiger partial charge in [0.15, 0.2) is 11.6 Å². The first-order valence-corrected chi connectivity index (χ1v) is 4.05. The monoisotopic (exact) mass is 217 g/mol. The molecule has 0 spiro atoms. The molecule has 84 valence electrons. The van der Waals surface area contributed by atoms with Crippen molar-refractivity contribution in [2.45, 2.75) is 6.10 Å². The van der Waals surface area contributed by atoms with Crippen molar-refractivity contribution < 1.29 is 20.2 Å². The van der Waals surface area contributed by atoms with E-state index >= 15 is 0 Å². The van der Waals surface area contributed by atoms with Crippen LogP contribution in [0.4, 0.5) is 5.82 Å². The van der Waals surface area contributed by atoms with E-state index in [1.54, 1.807) is 0 Å². The molecule has 1 heterocycles. The van der Waals surface area contributed by atoms with Crippen LogP contribution in [-0.2, 0) is 0 Å². The predicted octanol–water partition coefficient (Wildman–Crippen LogP) is -2.21. The SMILES string of the molecule is Nc1nn(O)c(=O)cc1OCC(O)CO. The Morgan fingerprint density at radius 3 is 2.93 bits per heavy atom. The molecule has 0 saturated carbocycles. The molecule has 1 atom stereocenters. The minimum Gasteiger partial charge on any atom is -0.487 e. The lowest BCUT2D eigenvalue weighted by atomic mass is 10.4. The molecule has 0 fully saturated rings. The second kappa shape index (κ2) is 4.62. The zero-order chi connectivity index (χ0) is 11.4. The van der Waals surface area contributed by atoms with Crippen LogP contribution in [0.1, 0.15) is 0 Å². The molecule has 0 amide bonds. The van der Waals surface area contributed by atoms with Gasteiger partial charge in [0.05, 0.1) is 12.7 Å². The maximum atomic E-state index is 10.9. The van der Waals surface area contributed by atoms with Crippen molar-refractivity contribution in [2.75, 3.05) is 18.9 Å². The van der Waals surface area contributed by atoms with E-state index in [1.165, 1.54) is 0 Å². The Morgan fingerprint density at radius 1 is 1.67 bits per heavy atom. The average Bonchev–Trinajstić information content (AvgIpc) is 2.21. The zero-order valence-electron chi connectivity index (χ0n) is 7.70. The number of rotatable bonds is 4. The molecule has 0 aromatic carbocycles. The first-order chi connectivity index (χ1) is 7.04. The first-order valence-electron chi connectivity index (χ1n) is 4.05. The summed E-state index contributed by atoms with van der Waals surface area (Å²) in [5.74, 6) is -0.250. The quantitative estimate of drug-likeness (QED) is 0.420. The van der Waals surface area contributed by atoms with Crippen LogP contribution in [-0.4, -0.2) is 44.7 Å². The molecule has 1 unspecified atom stereocenters. The number of nitrogens with zero attached hydrogens (tertiary/aromatic N) is 2. The second-order valence-electron chi connectivity index (χ2n) is 2.77. The summed E-state index contributed by atoms with van der Waals surface area (Å²) in [6.07, 6.45) is -1.07. The highest BCUT2D eigenvalue weighted by Gasteiger charge is 2.09. The van der Waals surface area contributed by atoms with Gasteiger partial charge in [-0.25, -0.2) is 0 Å². The van der Waals surface area contributed by atoms with E-state index in [-0.39, 0.29) is 23.0 Å². The maximum Gasteiger partial charge on any atom is 0.306 e. The van der Waals surface area contributed by atoms with E-state index in [1.807, 2.05) is 0 Å². The summed E-state index contributed by atoms with van der Waals surface area (Å²) in [6, 6.07) is 0.923. The number of hydrogen-bond donors (Lipinski definition) is 4. The highest BCUT2D eigenvalue weighted by Crippen LogP contribution is 2.14. The van der Waals surface area contributed by atoms with Crippen LogP contribution in [0.5, 0.6) is 5.75 Å². The van der Waals surface area contributed by atoms with Crippen molar-refractivity contribution in [3.8, 4) is 5.75 Å². The maximum absolute atomic E-state index is 10.9. The van der Waals surface area contributed by atoms with Gasteiger partial charge in [0.25, 0.3) is 0 Å². The summed E-state index contributed by atoms with van der Waals surface area (Å²) >= 11 is 0. The van der Waals surface area contributed by atoms with Gasteiger partial charge in [-0.1, -0.05) is 4.85 Å². The topological polar surface area (TPSA) is 131 Å². The smallest absolute Gasteiger partial charge is 0.306 e. The van der Waals surface area contributed by atoms with E-state index in [0.717, 1.165) is 6.07 Å². The molecular weight excluding hydrogens is 206 g/mol. The fourth-order valence-electron chi connectivity index (χ4n) is 0.799. The van der Waals surface area contributed by atoms with Gasteiger partial charge in [0.2, 0.25) is 0 Å². The first kappa shape index (κ1) is 11.3. The van der Waals surface area contributed by atoms with Crippen LogP contribution in [0.3, 0.4) is 0 Å². The minimum absolute atomic E-state index is 0.0576. The Morgan fingerprint density at radius 2 is 2.33 bits per heavy atom. The Balaban J connectivity index is 2.78. The normalized spacial score (nSPS) is 12.4. The molecule has 5 N–H and O–H groups in total. The van der Waals surface area contributed by atoms with Gasteiger partial charge < -0.3 is 25.9 Å². The number of nitrogen functional groups attached to an aromatic ring is 1. The average molecular weight is 217 g/mol. The van der Waals surface area contributed by atoms with Crippen molar-refractivity contribution in [2.24, 2.45) is 0 Å². The molecule has 8 heteroatoms. The number of anilines is 1. The molecular formula is C7H11N3O5. The minimum atomic E-state index is -1.07. The molecule has 0 radical (unpaired) electrons. The summed E-state index contributed by atoms with van der Waals surface area (Å²) < 4.78 is 4.90. The van der Waals surface area contributed by atoms with Crippen molar-refractivity contribution >= 4 is 5.82 Å². The Hall–Kier alpha value is -1.80. The highest BCUT2D eigenvalue weighted by molar-refractivity contribution is 5.43. The number of nitrogens with two attached hydrogens (primary N) is 1. The van der Waals surface area contributed by atoms with Crippen molar-refractivity contribution in [1.82, 2.24) is 9.94 Å². The van der Waals surface area contributed by atoms with Crippen LogP contribution in [0.15, 0.2) is 10.9 Å². The number of aliphatic hydroxyl groups excluding tert-OH is 2. The van der Waals surface area contributed by atoms with E-state index in [0.29, 0.717) is 0 Å². The molecule has 0 aliphatic carbocycles. The van der Waals surface area contributed by atoms with Gasteiger partial charge in [-0.2, -0.15) is 0 Å². The van der Waals surface area contributed by atoms with Crippen molar-refractivity contribution in [3.63, 3.8) is 0 Å². The van der Waals surface area contributed by atoms with Crippen LogP contribution < -0.4 is 16.0 Å². The molecule has 0 bridgehead atoms. The lowest BCUT2D eigenvalue weighted by molar-refractivity contribution is 0.0530.